The summed E-state index contributed by atoms with van der Waals surface area (Å²) in [6, 6.07) is 11.8. The zero-order chi connectivity index (χ0) is 23.2. The molecule has 0 spiro atoms. The van der Waals surface area contributed by atoms with E-state index in [2.05, 4.69) is 15.4 Å². The Labute approximate surface area is 187 Å². The van der Waals surface area contributed by atoms with E-state index >= 15 is 0 Å². The van der Waals surface area contributed by atoms with Crippen molar-refractivity contribution in [2.45, 2.75) is 28.7 Å². The minimum absolute atomic E-state index is 0.0328. The fourth-order valence-electron chi connectivity index (χ4n) is 3.39. The number of aromatic nitrogens is 4. The predicted molar refractivity (Wildman–Crippen MR) is 115 cm³/mol. The van der Waals surface area contributed by atoms with Crippen LogP contribution in [0.25, 0.3) is 16.7 Å². The smallest absolute Gasteiger partial charge is 0.276 e. The highest BCUT2D eigenvalue weighted by atomic mass is 32.2. The van der Waals surface area contributed by atoms with E-state index in [1.807, 2.05) is 0 Å². The van der Waals surface area contributed by atoms with E-state index in [1.165, 1.54) is 47.4 Å². The van der Waals surface area contributed by atoms with E-state index in [9.17, 15) is 23.2 Å². The van der Waals surface area contributed by atoms with Gasteiger partial charge in [-0.2, -0.15) is 5.10 Å². The van der Waals surface area contributed by atoms with Crippen LogP contribution in [-0.2, 0) is 9.84 Å². The zero-order valence-corrected chi connectivity index (χ0v) is 17.9. The first kappa shape index (κ1) is 20.8. The summed E-state index contributed by atoms with van der Waals surface area (Å²) in [5, 5.41) is 16.8. The first-order chi connectivity index (χ1) is 15.8. The van der Waals surface area contributed by atoms with Crippen molar-refractivity contribution >= 4 is 26.8 Å². The lowest BCUT2D eigenvalue weighted by Gasteiger charge is -2.12. The van der Waals surface area contributed by atoms with Crippen molar-refractivity contribution in [2.24, 2.45) is 0 Å². The fraction of sp³-hybridized carbons (Fsp3) is 0.136. The molecule has 1 aromatic carbocycles. The van der Waals surface area contributed by atoms with Crippen LogP contribution < -0.4 is 15.5 Å². The summed E-state index contributed by atoms with van der Waals surface area (Å²) >= 11 is 0. The molecule has 0 radical (unpaired) electrons. The van der Waals surface area contributed by atoms with Gasteiger partial charge < -0.3 is 5.32 Å². The number of benzene rings is 1. The third kappa shape index (κ3) is 3.82. The molecular weight excluding hydrogens is 446 g/mol. The number of sulfone groups is 1. The summed E-state index contributed by atoms with van der Waals surface area (Å²) in [5.74, 6) is -0.581. The number of amides is 1. The van der Waals surface area contributed by atoms with Gasteiger partial charge in [0.1, 0.15) is 4.90 Å². The first-order valence-electron chi connectivity index (χ1n) is 10.1. The summed E-state index contributed by atoms with van der Waals surface area (Å²) in [6.07, 6.45) is 5.56. The second-order valence-electron chi connectivity index (χ2n) is 7.63. The molecule has 0 atom stereocenters. The van der Waals surface area contributed by atoms with E-state index in [0.717, 1.165) is 19.0 Å². The Bertz CT molecular complexity index is 1580. The highest BCUT2D eigenvalue weighted by molar-refractivity contribution is 7.91. The van der Waals surface area contributed by atoms with Gasteiger partial charge in [0.2, 0.25) is 27.7 Å². The third-order valence-corrected chi connectivity index (χ3v) is 6.95. The van der Waals surface area contributed by atoms with E-state index < -0.39 is 21.2 Å². The number of hydrogen-bond donors (Lipinski definition) is 2. The SMILES string of the molecule is O=C(NC1CC1)c1nn(-c2cccc(S(=O)(=O)c3ccc[n+](O)c3)c2)c2ncccc2c1=O. The lowest BCUT2D eigenvalue weighted by atomic mass is 10.2. The highest BCUT2D eigenvalue weighted by Gasteiger charge is 2.27. The summed E-state index contributed by atoms with van der Waals surface area (Å²) in [7, 11) is -3.97. The normalized spacial score (nSPS) is 13.7. The molecule has 4 aromatic rings. The second kappa shape index (κ2) is 7.78. The van der Waals surface area contributed by atoms with E-state index in [1.54, 1.807) is 18.2 Å². The molecule has 1 aliphatic rings. The van der Waals surface area contributed by atoms with Crippen LogP contribution >= 0.6 is 0 Å². The van der Waals surface area contributed by atoms with Gasteiger partial charge in [-0.1, -0.05) is 6.07 Å². The molecule has 0 saturated heterocycles. The van der Waals surface area contributed by atoms with Crippen LogP contribution in [0.15, 0.2) is 81.7 Å². The molecule has 0 bridgehead atoms. The molecule has 3 aromatic heterocycles. The highest BCUT2D eigenvalue weighted by Crippen LogP contribution is 2.23. The van der Waals surface area contributed by atoms with Crippen LogP contribution in [0.3, 0.4) is 0 Å². The summed E-state index contributed by atoms with van der Waals surface area (Å²) in [4.78, 5) is 29.6. The van der Waals surface area contributed by atoms with Gasteiger partial charge in [0.25, 0.3) is 5.91 Å². The summed E-state index contributed by atoms with van der Waals surface area (Å²) in [5.41, 5.74) is -0.353. The molecule has 1 fully saturated rings. The minimum Gasteiger partial charge on any atom is -0.348 e. The summed E-state index contributed by atoms with van der Waals surface area (Å²) in [6.45, 7) is 0. The zero-order valence-electron chi connectivity index (χ0n) is 17.1. The first-order valence-corrected chi connectivity index (χ1v) is 11.6. The molecule has 0 unspecified atom stereocenters. The van der Waals surface area contributed by atoms with E-state index in [-0.39, 0.29) is 32.6 Å². The predicted octanol–water partition coefficient (Wildman–Crippen LogP) is 1.03. The van der Waals surface area contributed by atoms with Crippen LogP contribution in [0.4, 0.5) is 0 Å². The fourth-order valence-corrected chi connectivity index (χ4v) is 4.70. The van der Waals surface area contributed by atoms with Crippen molar-refractivity contribution < 1.29 is 23.1 Å². The molecule has 1 saturated carbocycles. The Kier molecular flexibility index (Phi) is 4.90. The topological polar surface area (TPSA) is 135 Å². The lowest BCUT2D eigenvalue weighted by Crippen LogP contribution is -2.33. The van der Waals surface area contributed by atoms with Gasteiger partial charge in [-0.25, -0.2) is 18.1 Å². The molecule has 11 heteroatoms. The summed E-state index contributed by atoms with van der Waals surface area (Å²) < 4.78 is 28.2. The molecule has 5 rings (SSSR count). The van der Waals surface area contributed by atoms with Crippen molar-refractivity contribution in [1.82, 2.24) is 20.1 Å². The lowest BCUT2D eigenvalue weighted by molar-refractivity contribution is -0.906. The molecule has 2 N–H and O–H groups in total. The number of pyridine rings is 2. The molecule has 166 valence electrons. The van der Waals surface area contributed by atoms with Gasteiger partial charge in [-0.05, 0) is 49.2 Å². The van der Waals surface area contributed by atoms with Gasteiger partial charge in [-0.15, -0.1) is 0 Å². The average molecular weight is 464 g/mol. The molecule has 3 heterocycles. The number of carbonyl (C=O) groups is 1. The third-order valence-electron chi connectivity index (χ3n) is 5.22. The molecular formula is C22H18N5O5S+. The maximum Gasteiger partial charge on any atom is 0.276 e. The van der Waals surface area contributed by atoms with Gasteiger partial charge in [0.05, 0.1) is 16.0 Å². The van der Waals surface area contributed by atoms with Crippen LogP contribution in [0, 0.1) is 0 Å². The number of nitrogens with zero attached hydrogens (tertiary/aromatic N) is 4. The van der Waals surface area contributed by atoms with Gasteiger partial charge >= 0.3 is 0 Å². The number of nitrogens with one attached hydrogen (secondary N) is 1. The Balaban J connectivity index is 1.68. The molecule has 1 aliphatic carbocycles. The maximum absolute atomic E-state index is 13.1. The van der Waals surface area contributed by atoms with Gasteiger partial charge in [0.15, 0.2) is 11.3 Å². The van der Waals surface area contributed by atoms with Crippen LogP contribution in [-0.4, -0.2) is 40.3 Å². The van der Waals surface area contributed by atoms with Crippen LogP contribution in [0.2, 0.25) is 0 Å². The minimum atomic E-state index is -3.97. The Morgan fingerprint density at radius 3 is 2.67 bits per heavy atom. The van der Waals surface area contributed by atoms with Crippen molar-refractivity contribution in [3.63, 3.8) is 0 Å². The van der Waals surface area contributed by atoms with Gasteiger partial charge in [0, 0.05) is 23.0 Å². The Morgan fingerprint density at radius 1 is 1.12 bits per heavy atom. The molecule has 10 nitrogen and oxygen atoms in total. The Morgan fingerprint density at radius 2 is 1.91 bits per heavy atom. The quantitative estimate of drug-likeness (QED) is 0.333. The number of rotatable bonds is 5. The van der Waals surface area contributed by atoms with Crippen molar-refractivity contribution in [3.05, 3.63) is 83.0 Å². The number of carbonyl (C=O) groups excluding carboxylic acids is 1. The van der Waals surface area contributed by atoms with Crippen molar-refractivity contribution in [3.8, 4) is 5.69 Å². The van der Waals surface area contributed by atoms with Gasteiger partial charge in [-0.3, -0.25) is 14.8 Å². The monoisotopic (exact) mass is 464 g/mol. The Hall–Kier alpha value is -4.12. The number of fused-ring (bicyclic) bond motifs is 1. The number of hydrogen-bond acceptors (Lipinski definition) is 7. The van der Waals surface area contributed by atoms with Crippen LogP contribution in [0.1, 0.15) is 23.3 Å². The molecule has 33 heavy (non-hydrogen) atoms. The van der Waals surface area contributed by atoms with Crippen molar-refractivity contribution in [1.29, 1.82) is 0 Å². The molecule has 1 amide bonds. The van der Waals surface area contributed by atoms with Crippen LogP contribution in [0.5, 0.6) is 0 Å². The van der Waals surface area contributed by atoms with E-state index in [0.29, 0.717) is 10.4 Å². The van der Waals surface area contributed by atoms with E-state index in [4.69, 9.17) is 0 Å². The standard InChI is InChI=1S/C22H17N5O5S/c28-20-18-7-2-10-23-21(18)27(25-19(20)22(29)24-14-8-9-14)15-4-1-5-16(12-15)33(31,32)17-6-3-11-26(30)13-17/h1-7,10-14H,8-9H2,(H-,24,29,30)/p+1. The van der Waals surface area contributed by atoms with Crippen molar-refractivity contribution in [2.75, 3.05) is 0 Å². The average Bonchev–Trinajstić information content (AvgIpc) is 3.63. The molecule has 0 aliphatic heterocycles. The maximum atomic E-state index is 13.1. The second-order valence-corrected chi connectivity index (χ2v) is 9.58. The largest absolute Gasteiger partial charge is 0.348 e.